The van der Waals surface area contributed by atoms with E-state index in [9.17, 15) is 29.1 Å². The molecular weight excluding hydrogens is 577 g/mol. The average Bonchev–Trinajstić information content (AvgIpc) is 2.79. The smallest absolute Gasteiger partial charge is 0.326 e. The van der Waals surface area contributed by atoms with Gasteiger partial charge in [-0.1, -0.05) is 0 Å². The van der Waals surface area contributed by atoms with E-state index in [0.29, 0.717) is 22.2 Å². The predicted molar refractivity (Wildman–Crippen MR) is 133 cm³/mol. The molecule has 35 heavy (non-hydrogen) atoms. The van der Waals surface area contributed by atoms with Crippen molar-refractivity contribution in [3.8, 4) is 0 Å². The summed E-state index contributed by atoms with van der Waals surface area (Å²) in [7, 11) is 0. The van der Waals surface area contributed by atoms with Gasteiger partial charge in [0, 0.05) is 34.3 Å². The standard InChI is InChI=1S/C20H22IN7O7/c21-11-5-9(17(32)25-13(19(34)35)3-4-14(30)31)1-2-12(11)23-6-10-7-24-16-15(28(10)8-29)18(33)27-20(22)26-16/h1-2,5,8,10,13,23H,3-4,6-7H2,(H,25,32)(H,30,31)(H,34,35)(H4,22,24,26,27,33)/t10?,13-/m0/s1. The lowest BCUT2D eigenvalue weighted by Gasteiger charge is -2.34. The van der Waals surface area contributed by atoms with Crippen LogP contribution in [-0.2, 0) is 14.4 Å². The molecule has 1 aliphatic heterocycles. The van der Waals surface area contributed by atoms with Crippen LogP contribution in [0.15, 0.2) is 23.0 Å². The number of aliphatic carboxylic acids is 2. The van der Waals surface area contributed by atoms with Crippen molar-refractivity contribution in [2.75, 3.05) is 34.4 Å². The second-order valence-corrected chi connectivity index (χ2v) is 8.73. The molecule has 0 saturated heterocycles. The molecule has 186 valence electrons. The normalized spacial score (nSPS) is 15.3. The van der Waals surface area contributed by atoms with Gasteiger partial charge in [0.25, 0.3) is 11.5 Å². The van der Waals surface area contributed by atoms with Crippen LogP contribution in [0.4, 0.5) is 23.1 Å². The largest absolute Gasteiger partial charge is 0.481 e. The summed E-state index contributed by atoms with van der Waals surface area (Å²) in [6.07, 6.45) is -0.101. The molecule has 3 rings (SSSR count). The number of carbonyl (C=O) groups is 4. The van der Waals surface area contributed by atoms with E-state index in [4.69, 9.17) is 10.8 Å². The SMILES string of the molecule is Nc1nc2c(c(=O)[nH]1)N(C=O)C(CNc1ccc(C(=O)N[C@@H](CCC(=O)O)C(=O)O)cc1I)CN2. The van der Waals surface area contributed by atoms with Crippen LogP contribution in [-0.4, -0.2) is 69.6 Å². The van der Waals surface area contributed by atoms with Crippen LogP contribution in [0, 0.1) is 3.57 Å². The van der Waals surface area contributed by atoms with E-state index in [1.807, 2.05) is 22.6 Å². The van der Waals surface area contributed by atoms with Gasteiger partial charge in [-0.15, -0.1) is 0 Å². The quantitative estimate of drug-likeness (QED) is 0.141. The van der Waals surface area contributed by atoms with E-state index in [1.165, 1.54) is 17.0 Å². The van der Waals surface area contributed by atoms with Crippen LogP contribution in [0.2, 0.25) is 0 Å². The minimum absolute atomic E-state index is 0.0600. The first-order valence-electron chi connectivity index (χ1n) is 10.3. The molecule has 0 aliphatic carbocycles. The van der Waals surface area contributed by atoms with Crippen molar-refractivity contribution in [3.05, 3.63) is 37.7 Å². The van der Waals surface area contributed by atoms with Crippen LogP contribution in [0.1, 0.15) is 23.2 Å². The molecule has 0 bridgehead atoms. The van der Waals surface area contributed by atoms with Gasteiger partial charge in [-0.25, -0.2) is 4.79 Å². The maximum absolute atomic E-state index is 12.5. The van der Waals surface area contributed by atoms with Crippen LogP contribution in [0.3, 0.4) is 0 Å². The molecule has 1 aromatic carbocycles. The van der Waals surface area contributed by atoms with E-state index in [2.05, 4.69) is 25.9 Å². The van der Waals surface area contributed by atoms with Crippen LogP contribution >= 0.6 is 22.6 Å². The fourth-order valence-electron chi connectivity index (χ4n) is 3.45. The molecule has 8 N–H and O–H groups in total. The van der Waals surface area contributed by atoms with Gasteiger partial charge in [-0.2, -0.15) is 4.98 Å². The summed E-state index contributed by atoms with van der Waals surface area (Å²) in [5.74, 6) is -3.00. The van der Waals surface area contributed by atoms with E-state index < -0.39 is 41.9 Å². The highest BCUT2D eigenvalue weighted by atomic mass is 127. The first kappa shape index (κ1) is 25.7. The van der Waals surface area contributed by atoms with Gasteiger partial charge in [0.1, 0.15) is 6.04 Å². The minimum atomic E-state index is -1.34. The summed E-state index contributed by atoms with van der Waals surface area (Å²) in [4.78, 5) is 66.1. The molecule has 0 radical (unpaired) electrons. The maximum Gasteiger partial charge on any atom is 0.326 e. The molecule has 14 nitrogen and oxygen atoms in total. The molecule has 2 heterocycles. The lowest BCUT2D eigenvalue weighted by Crippen LogP contribution is -2.50. The van der Waals surface area contributed by atoms with Crippen LogP contribution in [0.5, 0.6) is 0 Å². The lowest BCUT2D eigenvalue weighted by atomic mass is 10.1. The molecule has 1 aliphatic rings. The van der Waals surface area contributed by atoms with Crippen molar-refractivity contribution in [1.29, 1.82) is 0 Å². The summed E-state index contributed by atoms with van der Waals surface area (Å²) in [6.45, 7) is 0.561. The third kappa shape index (κ3) is 6.17. The van der Waals surface area contributed by atoms with Gasteiger partial charge < -0.3 is 36.8 Å². The fourth-order valence-corrected chi connectivity index (χ4v) is 4.15. The number of rotatable bonds is 10. The summed E-state index contributed by atoms with van der Waals surface area (Å²) >= 11 is 2.00. The van der Waals surface area contributed by atoms with Crippen molar-refractivity contribution < 1.29 is 29.4 Å². The number of hydrogen-bond donors (Lipinski definition) is 7. The topological polar surface area (TPSA) is 220 Å². The number of nitrogens with two attached hydrogens (primary N) is 1. The fraction of sp³-hybridized carbons (Fsp3) is 0.300. The van der Waals surface area contributed by atoms with Crippen molar-refractivity contribution in [2.45, 2.75) is 24.9 Å². The Labute approximate surface area is 211 Å². The maximum atomic E-state index is 12.5. The zero-order valence-corrected chi connectivity index (χ0v) is 20.2. The Balaban J connectivity index is 1.67. The Morgan fingerprint density at radius 2 is 2.09 bits per heavy atom. The molecule has 2 amide bonds. The Kier molecular flexibility index (Phi) is 8.10. The average molecular weight is 599 g/mol. The van der Waals surface area contributed by atoms with E-state index in [0.717, 1.165) is 0 Å². The number of carboxylic acids is 2. The Hall–Kier alpha value is -3.89. The van der Waals surface area contributed by atoms with Gasteiger partial charge in [-0.05, 0) is 47.2 Å². The second-order valence-electron chi connectivity index (χ2n) is 7.57. The molecule has 1 aromatic heterocycles. The Bertz CT molecular complexity index is 1220. The molecule has 0 saturated carbocycles. The number of anilines is 4. The summed E-state index contributed by atoms with van der Waals surface area (Å²) in [5, 5.41) is 26.5. The van der Waals surface area contributed by atoms with Gasteiger partial charge >= 0.3 is 11.9 Å². The van der Waals surface area contributed by atoms with E-state index in [-0.39, 0.29) is 36.0 Å². The van der Waals surface area contributed by atoms with Crippen LogP contribution < -0.4 is 32.1 Å². The van der Waals surface area contributed by atoms with Gasteiger partial charge in [-0.3, -0.25) is 24.2 Å². The highest BCUT2D eigenvalue weighted by Gasteiger charge is 2.30. The number of aromatic nitrogens is 2. The lowest BCUT2D eigenvalue weighted by molar-refractivity contribution is -0.140. The zero-order chi connectivity index (χ0) is 25.7. The first-order chi connectivity index (χ1) is 16.6. The number of benzene rings is 1. The number of hydrogen-bond acceptors (Lipinski definition) is 9. The zero-order valence-electron chi connectivity index (χ0n) is 18.1. The van der Waals surface area contributed by atoms with Crippen LogP contribution in [0.25, 0.3) is 0 Å². The van der Waals surface area contributed by atoms with Crippen molar-refractivity contribution in [1.82, 2.24) is 15.3 Å². The van der Waals surface area contributed by atoms with Gasteiger partial charge in [0.05, 0.1) is 6.04 Å². The number of carbonyl (C=O) groups excluding carboxylic acids is 2. The number of fused-ring (bicyclic) bond motifs is 1. The molecule has 2 aromatic rings. The van der Waals surface area contributed by atoms with Crippen molar-refractivity contribution in [3.63, 3.8) is 0 Å². The molecule has 0 spiro atoms. The number of nitrogens with zero attached hydrogens (tertiary/aromatic N) is 2. The van der Waals surface area contributed by atoms with E-state index in [1.54, 1.807) is 6.07 Å². The molecular formula is C20H22IN7O7. The predicted octanol–water partition coefficient (Wildman–Crippen LogP) is -0.127. The van der Waals surface area contributed by atoms with Crippen molar-refractivity contribution >= 4 is 70.0 Å². The first-order valence-corrected chi connectivity index (χ1v) is 11.3. The second kappa shape index (κ2) is 11.0. The van der Waals surface area contributed by atoms with Crippen molar-refractivity contribution in [2.24, 2.45) is 0 Å². The molecule has 0 fully saturated rings. The summed E-state index contributed by atoms with van der Waals surface area (Å²) in [6, 6.07) is 2.87. The monoisotopic (exact) mass is 599 g/mol. The third-order valence-electron chi connectivity index (χ3n) is 5.19. The number of aromatic amines is 1. The molecule has 1 unspecified atom stereocenters. The van der Waals surface area contributed by atoms with E-state index >= 15 is 0 Å². The number of amides is 2. The Morgan fingerprint density at radius 3 is 2.71 bits per heavy atom. The Morgan fingerprint density at radius 1 is 1.34 bits per heavy atom. The summed E-state index contributed by atoms with van der Waals surface area (Å²) < 4.78 is 0.641. The highest BCUT2D eigenvalue weighted by molar-refractivity contribution is 14.1. The molecule has 15 heteroatoms. The number of carboxylic acid groups (broad SMARTS) is 2. The number of H-pyrrole nitrogens is 1. The highest BCUT2D eigenvalue weighted by Crippen LogP contribution is 2.26. The summed E-state index contributed by atoms with van der Waals surface area (Å²) in [5.41, 5.74) is 5.89. The minimum Gasteiger partial charge on any atom is -0.481 e. The van der Waals surface area contributed by atoms with Gasteiger partial charge in [0.15, 0.2) is 11.5 Å². The third-order valence-corrected chi connectivity index (χ3v) is 6.09. The number of nitrogen functional groups attached to an aromatic ring is 1. The number of nitrogens with one attached hydrogen (secondary N) is 4. The van der Waals surface area contributed by atoms with Gasteiger partial charge in [0.2, 0.25) is 12.4 Å². The molecule has 2 atom stereocenters. The number of halogens is 1.